The minimum atomic E-state index is -0.0611. The Morgan fingerprint density at radius 3 is 2.50 bits per heavy atom. The Morgan fingerprint density at radius 1 is 1.20 bits per heavy atom. The zero-order valence-corrected chi connectivity index (χ0v) is 13.5. The van der Waals surface area contributed by atoms with Crippen LogP contribution >= 0.6 is 0 Å². The maximum absolute atomic E-state index is 5.51. The van der Waals surface area contributed by atoms with E-state index in [4.69, 9.17) is 9.47 Å². The molecule has 1 N–H and O–H groups in total. The summed E-state index contributed by atoms with van der Waals surface area (Å²) in [5.74, 6) is 0.974. The molecule has 0 radical (unpaired) electrons. The fourth-order valence-corrected chi connectivity index (χ4v) is 2.33. The molecule has 3 nitrogen and oxygen atoms in total. The highest BCUT2D eigenvalue weighted by Crippen LogP contribution is 2.22. The number of methoxy groups -OCH3 is 2. The first kappa shape index (κ1) is 17.0. The summed E-state index contributed by atoms with van der Waals surface area (Å²) in [7, 11) is 3.51. The van der Waals surface area contributed by atoms with Gasteiger partial charge in [0.15, 0.2) is 0 Å². The normalized spacial score (nSPS) is 13.2. The predicted octanol–water partition coefficient (Wildman–Crippen LogP) is 3.42. The Hall–Kier alpha value is -1.06. The van der Waals surface area contributed by atoms with Gasteiger partial charge >= 0.3 is 0 Å². The fourth-order valence-electron chi connectivity index (χ4n) is 2.33. The van der Waals surface area contributed by atoms with Gasteiger partial charge in [0, 0.05) is 13.2 Å². The van der Waals surface area contributed by atoms with Gasteiger partial charge in [-0.1, -0.05) is 25.1 Å². The molecule has 1 atom stereocenters. The topological polar surface area (TPSA) is 30.5 Å². The molecule has 0 heterocycles. The third-order valence-electron chi connectivity index (χ3n) is 3.80. The molecule has 0 saturated carbocycles. The Balaban J connectivity index is 2.67. The number of hydrogen-bond donors (Lipinski definition) is 1. The molecule has 0 spiro atoms. The lowest BCUT2D eigenvalue weighted by Crippen LogP contribution is -2.34. The molecule has 0 aliphatic rings. The van der Waals surface area contributed by atoms with Gasteiger partial charge in [0.1, 0.15) is 5.75 Å². The average molecular weight is 279 g/mol. The van der Waals surface area contributed by atoms with Crippen molar-refractivity contribution in [3.05, 3.63) is 29.8 Å². The Labute approximate surface area is 123 Å². The summed E-state index contributed by atoms with van der Waals surface area (Å²) < 4.78 is 10.9. The first-order chi connectivity index (χ1) is 9.52. The lowest BCUT2D eigenvalue weighted by atomic mass is 9.95. The van der Waals surface area contributed by atoms with E-state index in [9.17, 15) is 0 Å². The number of nitrogens with one attached hydrogen (secondary N) is 1. The predicted molar refractivity (Wildman–Crippen MR) is 84.5 cm³/mol. The molecular formula is C17H29NO2. The van der Waals surface area contributed by atoms with Gasteiger partial charge in [-0.2, -0.15) is 0 Å². The van der Waals surface area contributed by atoms with E-state index in [-0.39, 0.29) is 5.60 Å². The lowest BCUT2D eigenvalue weighted by molar-refractivity contribution is 0.0117. The molecule has 114 valence electrons. The maximum Gasteiger partial charge on any atom is 0.122 e. The van der Waals surface area contributed by atoms with E-state index < -0.39 is 0 Å². The Bertz CT molecular complexity index is 390. The summed E-state index contributed by atoms with van der Waals surface area (Å²) >= 11 is 0. The molecule has 0 bridgehead atoms. The van der Waals surface area contributed by atoms with Crippen LogP contribution < -0.4 is 10.1 Å². The molecule has 0 saturated heterocycles. The molecule has 3 heteroatoms. The highest BCUT2D eigenvalue weighted by molar-refractivity contribution is 5.33. The molecular weight excluding hydrogens is 250 g/mol. The maximum atomic E-state index is 5.51. The molecule has 0 amide bonds. The van der Waals surface area contributed by atoms with Crippen LogP contribution in [0, 0.1) is 0 Å². The van der Waals surface area contributed by atoms with Gasteiger partial charge in [-0.25, -0.2) is 0 Å². The van der Waals surface area contributed by atoms with E-state index in [1.807, 2.05) is 12.1 Å². The van der Waals surface area contributed by atoms with Crippen LogP contribution in [0.25, 0.3) is 0 Å². The van der Waals surface area contributed by atoms with Crippen LogP contribution in [0.2, 0.25) is 0 Å². The quantitative estimate of drug-likeness (QED) is 0.751. The summed E-state index contributed by atoms with van der Waals surface area (Å²) in [6.45, 7) is 7.40. The number of para-hydroxylation sites is 1. The van der Waals surface area contributed by atoms with E-state index >= 15 is 0 Å². The number of hydrogen-bond acceptors (Lipinski definition) is 3. The monoisotopic (exact) mass is 279 g/mol. The minimum Gasteiger partial charge on any atom is -0.496 e. The van der Waals surface area contributed by atoms with Gasteiger partial charge in [-0.05, 0) is 51.3 Å². The summed E-state index contributed by atoms with van der Waals surface area (Å²) in [4.78, 5) is 0. The molecule has 1 rings (SSSR count). The summed E-state index contributed by atoms with van der Waals surface area (Å²) in [6.07, 6.45) is 3.11. The van der Waals surface area contributed by atoms with Crippen molar-refractivity contribution in [3.63, 3.8) is 0 Å². The second-order valence-corrected chi connectivity index (χ2v) is 5.77. The smallest absolute Gasteiger partial charge is 0.122 e. The van der Waals surface area contributed by atoms with Crippen molar-refractivity contribution in [1.29, 1.82) is 0 Å². The van der Waals surface area contributed by atoms with Gasteiger partial charge in [-0.3, -0.25) is 0 Å². The summed E-state index contributed by atoms with van der Waals surface area (Å²) in [5.41, 5.74) is 1.20. The molecule has 20 heavy (non-hydrogen) atoms. The largest absolute Gasteiger partial charge is 0.496 e. The van der Waals surface area contributed by atoms with E-state index in [0.29, 0.717) is 6.04 Å². The van der Waals surface area contributed by atoms with Gasteiger partial charge in [-0.15, -0.1) is 0 Å². The van der Waals surface area contributed by atoms with E-state index in [1.165, 1.54) is 5.56 Å². The van der Waals surface area contributed by atoms with E-state index in [2.05, 4.69) is 38.2 Å². The second kappa shape index (κ2) is 8.28. The van der Waals surface area contributed by atoms with E-state index in [0.717, 1.165) is 31.6 Å². The highest BCUT2D eigenvalue weighted by atomic mass is 16.5. The van der Waals surface area contributed by atoms with Gasteiger partial charge in [0.25, 0.3) is 0 Å². The van der Waals surface area contributed by atoms with Gasteiger partial charge < -0.3 is 14.8 Å². The third-order valence-corrected chi connectivity index (χ3v) is 3.80. The zero-order valence-electron chi connectivity index (χ0n) is 13.5. The standard InChI is InChI=1S/C17H29NO2/c1-6-18-15(11-12-17(2,3)20-5)13-14-9-7-8-10-16(14)19-4/h7-10,15,18H,6,11-13H2,1-5H3. The molecule has 0 fully saturated rings. The molecule has 0 aromatic heterocycles. The fraction of sp³-hybridized carbons (Fsp3) is 0.647. The molecule has 0 aliphatic heterocycles. The Morgan fingerprint density at radius 2 is 1.90 bits per heavy atom. The number of benzene rings is 1. The third kappa shape index (κ3) is 5.51. The van der Waals surface area contributed by atoms with Crippen molar-refractivity contribution < 1.29 is 9.47 Å². The van der Waals surface area contributed by atoms with Crippen molar-refractivity contribution in [3.8, 4) is 5.75 Å². The van der Waals surface area contributed by atoms with Crippen molar-refractivity contribution >= 4 is 0 Å². The van der Waals surface area contributed by atoms with E-state index in [1.54, 1.807) is 14.2 Å². The van der Waals surface area contributed by atoms with Crippen molar-refractivity contribution in [2.24, 2.45) is 0 Å². The van der Waals surface area contributed by atoms with Crippen LogP contribution in [0.5, 0.6) is 5.75 Å². The second-order valence-electron chi connectivity index (χ2n) is 5.77. The van der Waals surface area contributed by atoms with Crippen molar-refractivity contribution in [1.82, 2.24) is 5.32 Å². The SMILES string of the molecule is CCNC(CCC(C)(C)OC)Cc1ccccc1OC. The van der Waals surface area contributed by atoms with Crippen LogP contribution in [0.3, 0.4) is 0 Å². The van der Waals surface area contributed by atoms with Crippen LogP contribution in [-0.2, 0) is 11.2 Å². The molecule has 1 aromatic carbocycles. The van der Waals surface area contributed by atoms with Crippen molar-refractivity contribution in [2.45, 2.75) is 51.7 Å². The minimum absolute atomic E-state index is 0.0611. The van der Waals surface area contributed by atoms with Gasteiger partial charge in [0.2, 0.25) is 0 Å². The van der Waals surface area contributed by atoms with Crippen LogP contribution in [-0.4, -0.2) is 32.4 Å². The Kier molecular flexibility index (Phi) is 7.03. The van der Waals surface area contributed by atoms with Crippen LogP contribution in [0.1, 0.15) is 39.2 Å². The molecule has 0 aliphatic carbocycles. The molecule has 1 unspecified atom stereocenters. The number of rotatable bonds is 9. The highest BCUT2D eigenvalue weighted by Gasteiger charge is 2.19. The summed E-state index contributed by atoms with van der Waals surface area (Å²) in [5, 5.41) is 3.57. The number of likely N-dealkylation sites (N-methyl/N-ethyl adjacent to an activating group) is 1. The van der Waals surface area contributed by atoms with Crippen LogP contribution in [0.4, 0.5) is 0 Å². The van der Waals surface area contributed by atoms with Crippen molar-refractivity contribution in [2.75, 3.05) is 20.8 Å². The summed E-state index contributed by atoms with van der Waals surface area (Å²) in [6, 6.07) is 8.70. The first-order valence-electron chi connectivity index (χ1n) is 7.43. The molecule has 1 aromatic rings. The lowest BCUT2D eigenvalue weighted by Gasteiger charge is -2.26. The zero-order chi connectivity index (χ0) is 15.0. The van der Waals surface area contributed by atoms with Crippen LogP contribution in [0.15, 0.2) is 24.3 Å². The first-order valence-corrected chi connectivity index (χ1v) is 7.43. The average Bonchev–Trinajstić information content (AvgIpc) is 2.45. The van der Waals surface area contributed by atoms with Gasteiger partial charge in [0.05, 0.1) is 12.7 Å². The number of ether oxygens (including phenoxy) is 2.